The van der Waals surface area contributed by atoms with Gasteiger partial charge in [0, 0.05) is 25.9 Å². The van der Waals surface area contributed by atoms with Crippen LogP contribution in [0.15, 0.2) is 48.2 Å². The molecule has 0 atom stereocenters. The number of nitrogens with zero attached hydrogens (tertiary/aromatic N) is 1. The molecule has 0 aromatic heterocycles. The highest BCUT2D eigenvalue weighted by molar-refractivity contribution is 6.36. The fourth-order valence-corrected chi connectivity index (χ4v) is 3.26. The highest BCUT2D eigenvalue weighted by Gasteiger charge is 2.38. The van der Waals surface area contributed by atoms with Gasteiger partial charge in [-0.2, -0.15) is 0 Å². The summed E-state index contributed by atoms with van der Waals surface area (Å²) in [5.74, 6) is -0.560. The van der Waals surface area contributed by atoms with Gasteiger partial charge in [-0.3, -0.25) is 14.5 Å². The van der Waals surface area contributed by atoms with E-state index in [0.29, 0.717) is 30.8 Å². The monoisotopic (exact) mass is 378 g/mol. The second-order valence-corrected chi connectivity index (χ2v) is 7.17. The van der Waals surface area contributed by atoms with Crippen LogP contribution in [0.4, 0.5) is 5.69 Å². The molecule has 1 N–H and O–H groups in total. The summed E-state index contributed by atoms with van der Waals surface area (Å²) in [5, 5.41) is 3.25. The summed E-state index contributed by atoms with van der Waals surface area (Å²) in [4.78, 5) is 27.5. The molecular weight excluding hydrogens is 352 g/mol. The molecule has 0 unspecified atom stereocenters. The van der Waals surface area contributed by atoms with E-state index in [4.69, 9.17) is 4.74 Å². The van der Waals surface area contributed by atoms with Gasteiger partial charge in [0.05, 0.1) is 5.57 Å². The number of hydrogen-bond donors (Lipinski definition) is 1. The zero-order chi connectivity index (χ0) is 20.3. The number of nitrogens with one attached hydrogen (secondary N) is 1. The Bertz CT molecular complexity index is 929. The number of benzene rings is 2. The average molecular weight is 378 g/mol. The minimum Gasteiger partial charge on any atom is -0.385 e. The molecule has 5 heteroatoms. The van der Waals surface area contributed by atoms with Gasteiger partial charge in [0.25, 0.3) is 11.8 Å². The standard InChI is InChI=1S/C23H26N2O3/c1-15-7-10-18(11-8-15)20-21(24-19-14-16(2)6-9-17(19)3)23(27)25(22(20)26)12-5-13-28-4/h6-11,14,24H,5,12-13H2,1-4H3. The van der Waals surface area contributed by atoms with Crippen molar-refractivity contribution in [1.82, 2.24) is 4.90 Å². The maximum atomic E-state index is 13.1. The third kappa shape index (κ3) is 3.99. The highest BCUT2D eigenvalue weighted by Crippen LogP contribution is 2.31. The number of amides is 2. The normalized spacial score (nSPS) is 14.2. The fraction of sp³-hybridized carbons (Fsp3) is 0.304. The Hall–Kier alpha value is -2.92. The lowest BCUT2D eigenvalue weighted by molar-refractivity contribution is -0.136. The van der Waals surface area contributed by atoms with Crippen molar-refractivity contribution in [2.75, 3.05) is 25.6 Å². The largest absolute Gasteiger partial charge is 0.385 e. The van der Waals surface area contributed by atoms with Crippen molar-refractivity contribution in [2.45, 2.75) is 27.2 Å². The van der Waals surface area contributed by atoms with Gasteiger partial charge < -0.3 is 10.1 Å². The minimum atomic E-state index is -0.294. The Morgan fingerprint density at radius 2 is 1.61 bits per heavy atom. The van der Waals surface area contributed by atoms with Gasteiger partial charge in [0.1, 0.15) is 5.70 Å². The topological polar surface area (TPSA) is 58.6 Å². The quantitative estimate of drug-likeness (QED) is 0.587. The Labute approximate surface area is 166 Å². The number of carbonyl (C=O) groups excluding carboxylic acids is 2. The van der Waals surface area contributed by atoms with Crippen LogP contribution in [-0.4, -0.2) is 37.0 Å². The molecule has 1 aliphatic heterocycles. The first-order valence-corrected chi connectivity index (χ1v) is 9.43. The summed E-state index contributed by atoms with van der Waals surface area (Å²) < 4.78 is 5.07. The molecule has 0 saturated carbocycles. The first-order chi connectivity index (χ1) is 13.4. The van der Waals surface area contributed by atoms with Crippen LogP contribution in [0.25, 0.3) is 5.57 Å². The van der Waals surface area contributed by atoms with E-state index in [0.717, 1.165) is 27.9 Å². The molecule has 2 aromatic carbocycles. The second-order valence-electron chi connectivity index (χ2n) is 7.17. The molecule has 0 radical (unpaired) electrons. The van der Waals surface area contributed by atoms with Crippen LogP contribution in [0.2, 0.25) is 0 Å². The second kappa shape index (κ2) is 8.40. The summed E-state index contributed by atoms with van der Waals surface area (Å²) in [6.45, 7) is 6.80. The van der Waals surface area contributed by atoms with E-state index in [1.165, 1.54) is 4.90 Å². The average Bonchev–Trinajstić information content (AvgIpc) is 2.90. The highest BCUT2D eigenvalue weighted by atomic mass is 16.5. The number of anilines is 1. The first kappa shape index (κ1) is 19.8. The Morgan fingerprint density at radius 3 is 2.29 bits per heavy atom. The lowest BCUT2D eigenvalue weighted by Gasteiger charge is -2.15. The molecule has 1 aliphatic rings. The van der Waals surface area contributed by atoms with Crippen LogP contribution in [0.3, 0.4) is 0 Å². The van der Waals surface area contributed by atoms with Crippen LogP contribution in [0.1, 0.15) is 28.7 Å². The third-order valence-electron chi connectivity index (χ3n) is 4.89. The number of ether oxygens (including phenoxy) is 1. The lowest BCUT2D eigenvalue weighted by atomic mass is 10.0. The molecule has 5 nitrogen and oxygen atoms in total. The van der Waals surface area contributed by atoms with Gasteiger partial charge >= 0.3 is 0 Å². The number of hydrogen-bond acceptors (Lipinski definition) is 4. The van der Waals surface area contributed by atoms with Crippen molar-refractivity contribution < 1.29 is 14.3 Å². The molecular formula is C23H26N2O3. The van der Waals surface area contributed by atoms with Gasteiger partial charge in [0.2, 0.25) is 0 Å². The Morgan fingerprint density at radius 1 is 0.929 bits per heavy atom. The first-order valence-electron chi connectivity index (χ1n) is 9.43. The smallest absolute Gasteiger partial charge is 0.278 e. The lowest BCUT2D eigenvalue weighted by Crippen LogP contribution is -2.34. The van der Waals surface area contributed by atoms with Crippen LogP contribution >= 0.6 is 0 Å². The predicted octanol–water partition coefficient (Wildman–Crippen LogP) is 3.84. The van der Waals surface area contributed by atoms with Crippen molar-refractivity contribution in [1.29, 1.82) is 0 Å². The van der Waals surface area contributed by atoms with E-state index < -0.39 is 0 Å². The summed E-state index contributed by atoms with van der Waals surface area (Å²) in [7, 11) is 1.61. The van der Waals surface area contributed by atoms with Crippen LogP contribution in [0.5, 0.6) is 0 Å². The third-order valence-corrected chi connectivity index (χ3v) is 4.89. The van der Waals surface area contributed by atoms with Gasteiger partial charge in [0.15, 0.2) is 0 Å². The fourth-order valence-electron chi connectivity index (χ4n) is 3.26. The number of aryl methyl sites for hydroxylation is 3. The molecule has 0 saturated heterocycles. The molecule has 28 heavy (non-hydrogen) atoms. The number of carbonyl (C=O) groups is 2. The van der Waals surface area contributed by atoms with Gasteiger partial charge in [-0.15, -0.1) is 0 Å². The van der Waals surface area contributed by atoms with E-state index in [1.807, 2.05) is 63.2 Å². The summed E-state index contributed by atoms with van der Waals surface area (Å²) >= 11 is 0. The molecule has 0 aliphatic carbocycles. The molecule has 1 heterocycles. The van der Waals surface area contributed by atoms with Crippen LogP contribution in [0, 0.1) is 20.8 Å². The van der Waals surface area contributed by atoms with E-state index in [1.54, 1.807) is 7.11 Å². The summed E-state index contributed by atoms with van der Waals surface area (Å²) in [6, 6.07) is 13.7. The molecule has 0 bridgehead atoms. The molecule has 146 valence electrons. The summed E-state index contributed by atoms with van der Waals surface area (Å²) in [6.07, 6.45) is 0.603. The van der Waals surface area contributed by atoms with E-state index in [9.17, 15) is 9.59 Å². The molecule has 0 spiro atoms. The van der Waals surface area contributed by atoms with E-state index in [-0.39, 0.29) is 11.8 Å². The minimum absolute atomic E-state index is 0.266. The molecule has 3 rings (SSSR count). The van der Waals surface area contributed by atoms with Crippen molar-refractivity contribution in [2.24, 2.45) is 0 Å². The molecule has 0 fully saturated rings. The van der Waals surface area contributed by atoms with Gasteiger partial charge in [-0.25, -0.2) is 0 Å². The van der Waals surface area contributed by atoms with Crippen molar-refractivity contribution in [3.05, 3.63) is 70.4 Å². The Kier molecular flexibility index (Phi) is 5.95. The maximum Gasteiger partial charge on any atom is 0.278 e. The van der Waals surface area contributed by atoms with E-state index in [2.05, 4.69) is 5.32 Å². The zero-order valence-corrected chi connectivity index (χ0v) is 16.8. The summed E-state index contributed by atoms with van der Waals surface area (Å²) in [5.41, 5.74) is 5.52. The van der Waals surface area contributed by atoms with Crippen molar-refractivity contribution in [3.8, 4) is 0 Å². The number of imide groups is 1. The maximum absolute atomic E-state index is 13.1. The van der Waals surface area contributed by atoms with Crippen molar-refractivity contribution in [3.63, 3.8) is 0 Å². The SMILES string of the molecule is COCCCN1C(=O)C(Nc2cc(C)ccc2C)=C(c2ccc(C)cc2)C1=O. The van der Waals surface area contributed by atoms with Gasteiger partial charge in [-0.1, -0.05) is 42.0 Å². The Balaban J connectivity index is 2.02. The number of rotatable bonds is 7. The zero-order valence-electron chi connectivity index (χ0n) is 16.8. The predicted molar refractivity (Wildman–Crippen MR) is 111 cm³/mol. The van der Waals surface area contributed by atoms with Crippen molar-refractivity contribution >= 4 is 23.1 Å². The van der Waals surface area contributed by atoms with Gasteiger partial charge in [-0.05, 0) is 49.9 Å². The van der Waals surface area contributed by atoms with Crippen LogP contribution in [-0.2, 0) is 14.3 Å². The number of methoxy groups -OCH3 is 1. The van der Waals surface area contributed by atoms with Crippen LogP contribution < -0.4 is 5.32 Å². The molecule has 2 aromatic rings. The molecule has 2 amide bonds. The van der Waals surface area contributed by atoms with E-state index >= 15 is 0 Å².